The van der Waals surface area contributed by atoms with Gasteiger partial charge in [0, 0.05) is 20.3 Å². The first-order valence-corrected chi connectivity index (χ1v) is 6.66. The zero-order chi connectivity index (χ0) is 11.3. The molecule has 0 saturated carbocycles. The summed E-state index contributed by atoms with van der Waals surface area (Å²) in [7, 11) is 1.64. The number of benzene rings is 1. The van der Waals surface area contributed by atoms with Gasteiger partial charge in [-0.3, -0.25) is 0 Å². The van der Waals surface area contributed by atoms with E-state index < -0.39 is 9.28 Å². The first kappa shape index (κ1) is 12.4. The van der Waals surface area contributed by atoms with Crippen molar-refractivity contribution in [1.82, 2.24) is 0 Å². The predicted octanol–water partition coefficient (Wildman–Crippen LogP) is 0.817. The molecule has 1 atom stereocenters. The Morgan fingerprint density at radius 1 is 1.27 bits per heavy atom. The van der Waals surface area contributed by atoms with Gasteiger partial charge in [0.15, 0.2) is 0 Å². The van der Waals surface area contributed by atoms with Crippen LogP contribution in [0.1, 0.15) is 24.9 Å². The maximum Gasteiger partial charge on any atom is 0.355 e. The molecule has 0 aliphatic heterocycles. The molecule has 3 nitrogen and oxygen atoms in total. The molecule has 0 radical (unpaired) electrons. The van der Waals surface area contributed by atoms with Crippen LogP contribution in [0.2, 0.25) is 0 Å². The van der Waals surface area contributed by atoms with Crippen LogP contribution in [0.4, 0.5) is 0 Å². The Morgan fingerprint density at radius 3 is 2.40 bits per heavy atom. The third-order valence-electron chi connectivity index (χ3n) is 2.52. The smallest absolute Gasteiger partial charge is 0.355 e. The van der Waals surface area contributed by atoms with Crippen molar-refractivity contribution >= 4 is 14.5 Å². The average molecular weight is 225 g/mol. The van der Waals surface area contributed by atoms with Gasteiger partial charge in [-0.1, -0.05) is 31.2 Å². The Hall–Kier alpha value is -0.683. The molecule has 4 heteroatoms. The molecule has 0 bridgehead atoms. The number of hydrogen-bond acceptors (Lipinski definition) is 3. The van der Waals surface area contributed by atoms with Crippen molar-refractivity contribution in [2.24, 2.45) is 5.73 Å². The quantitative estimate of drug-likeness (QED) is 0.755. The summed E-state index contributed by atoms with van der Waals surface area (Å²) in [6, 6.07) is 8.18. The van der Waals surface area contributed by atoms with Crippen molar-refractivity contribution in [3.8, 4) is 0 Å². The molecule has 0 spiro atoms. The third-order valence-corrected chi connectivity index (χ3v) is 4.41. The Kier molecular flexibility index (Phi) is 4.97. The molecule has 0 saturated heterocycles. The van der Waals surface area contributed by atoms with E-state index >= 15 is 0 Å². The molecule has 0 heterocycles. The van der Waals surface area contributed by atoms with Crippen LogP contribution in [0.15, 0.2) is 24.3 Å². The number of nitrogens with two attached hydrogens (primary N) is 1. The van der Waals surface area contributed by atoms with E-state index in [1.807, 2.05) is 12.1 Å². The summed E-state index contributed by atoms with van der Waals surface area (Å²) in [5, 5.41) is 1.15. The van der Waals surface area contributed by atoms with E-state index in [0.29, 0.717) is 0 Å². The Balaban J connectivity index is 3.04. The van der Waals surface area contributed by atoms with Gasteiger partial charge in [-0.25, -0.2) is 0 Å². The van der Waals surface area contributed by atoms with Crippen LogP contribution < -0.4 is 10.9 Å². The maximum absolute atomic E-state index is 6.05. The highest BCUT2D eigenvalue weighted by atomic mass is 28.3. The van der Waals surface area contributed by atoms with E-state index in [-0.39, 0.29) is 6.04 Å². The van der Waals surface area contributed by atoms with E-state index in [1.54, 1.807) is 14.2 Å². The summed E-state index contributed by atoms with van der Waals surface area (Å²) in [6.45, 7) is 2.08. The largest absolute Gasteiger partial charge is 0.397 e. The minimum atomic E-state index is -1.74. The zero-order valence-corrected chi connectivity index (χ0v) is 10.7. The molecule has 1 aromatic carbocycles. The van der Waals surface area contributed by atoms with Gasteiger partial charge in [-0.15, -0.1) is 0 Å². The van der Waals surface area contributed by atoms with Crippen LogP contribution in [-0.4, -0.2) is 23.5 Å². The van der Waals surface area contributed by atoms with Gasteiger partial charge < -0.3 is 14.6 Å². The number of rotatable bonds is 5. The lowest BCUT2D eigenvalue weighted by atomic mass is 10.1. The zero-order valence-electron chi connectivity index (χ0n) is 9.57. The maximum atomic E-state index is 6.05. The molecule has 0 aliphatic rings. The Labute approximate surface area is 93.0 Å². The molecule has 15 heavy (non-hydrogen) atoms. The van der Waals surface area contributed by atoms with E-state index in [9.17, 15) is 0 Å². The van der Waals surface area contributed by atoms with Crippen LogP contribution >= 0.6 is 0 Å². The first-order valence-electron chi connectivity index (χ1n) is 5.14. The molecule has 0 aromatic heterocycles. The first-order chi connectivity index (χ1) is 7.24. The molecule has 1 unspecified atom stereocenters. The van der Waals surface area contributed by atoms with Crippen molar-refractivity contribution in [3.63, 3.8) is 0 Å². The molecule has 0 fully saturated rings. The van der Waals surface area contributed by atoms with Gasteiger partial charge in [0.05, 0.1) is 0 Å². The molecular formula is C11H19NO2Si. The molecule has 84 valence electrons. The lowest BCUT2D eigenvalue weighted by molar-refractivity contribution is 0.291. The molecule has 1 rings (SSSR count). The molecular weight excluding hydrogens is 206 g/mol. The van der Waals surface area contributed by atoms with Crippen molar-refractivity contribution in [3.05, 3.63) is 29.8 Å². The van der Waals surface area contributed by atoms with Crippen LogP contribution in [0, 0.1) is 0 Å². The van der Waals surface area contributed by atoms with Crippen molar-refractivity contribution in [2.75, 3.05) is 14.2 Å². The normalized spacial score (nSPS) is 13.1. The Bertz CT molecular complexity index is 302. The summed E-state index contributed by atoms with van der Waals surface area (Å²) < 4.78 is 10.8. The fraction of sp³-hybridized carbons (Fsp3) is 0.455. The topological polar surface area (TPSA) is 44.5 Å². The number of hydrogen-bond donors (Lipinski definition) is 1. The lowest BCUT2D eigenvalue weighted by Crippen LogP contribution is -2.39. The summed E-state index contributed by atoms with van der Waals surface area (Å²) in [6.07, 6.45) is 0.922. The minimum Gasteiger partial charge on any atom is -0.397 e. The van der Waals surface area contributed by atoms with Gasteiger partial charge in [0.25, 0.3) is 0 Å². The summed E-state index contributed by atoms with van der Waals surface area (Å²) in [4.78, 5) is 0. The SMILES string of the molecule is CCC(N)c1ccccc1[SiH](OC)OC. The van der Waals surface area contributed by atoms with Gasteiger partial charge >= 0.3 is 9.28 Å². The standard InChI is InChI=1S/C11H19NO2Si/c1-4-10(12)9-7-5-6-8-11(9)15(13-2)14-3/h5-8,10,15H,4,12H2,1-3H3. The summed E-state index contributed by atoms with van der Waals surface area (Å²) in [5.74, 6) is 0. The predicted molar refractivity (Wildman–Crippen MR) is 64.5 cm³/mol. The Morgan fingerprint density at radius 2 is 1.87 bits per heavy atom. The van der Waals surface area contributed by atoms with Crippen LogP contribution in [-0.2, 0) is 8.85 Å². The second-order valence-corrected chi connectivity index (χ2v) is 5.68. The highest BCUT2D eigenvalue weighted by Crippen LogP contribution is 2.12. The second kappa shape index (κ2) is 6.02. The summed E-state index contributed by atoms with van der Waals surface area (Å²) >= 11 is 0. The molecule has 0 amide bonds. The van der Waals surface area contributed by atoms with Gasteiger partial charge in [-0.2, -0.15) is 0 Å². The summed E-state index contributed by atoms with van der Waals surface area (Å²) in [5.41, 5.74) is 7.21. The fourth-order valence-electron chi connectivity index (χ4n) is 1.63. The van der Waals surface area contributed by atoms with E-state index in [2.05, 4.69) is 19.1 Å². The van der Waals surface area contributed by atoms with Crippen molar-refractivity contribution in [2.45, 2.75) is 19.4 Å². The van der Waals surface area contributed by atoms with E-state index in [1.165, 1.54) is 0 Å². The van der Waals surface area contributed by atoms with Crippen LogP contribution in [0.3, 0.4) is 0 Å². The van der Waals surface area contributed by atoms with E-state index in [4.69, 9.17) is 14.6 Å². The van der Waals surface area contributed by atoms with Gasteiger partial charge in [0.1, 0.15) is 0 Å². The second-order valence-electron chi connectivity index (χ2n) is 3.45. The third kappa shape index (κ3) is 2.88. The van der Waals surface area contributed by atoms with Crippen molar-refractivity contribution in [1.29, 1.82) is 0 Å². The molecule has 2 N–H and O–H groups in total. The fourth-order valence-corrected chi connectivity index (χ4v) is 3.18. The highest BCUT2D eigenvalue weighted by molar-refractivity contribution is 6.61. The lowest BCUT2D eigenvalue weighted by Gasteiger charge is -2.18. The van der Waals surface area contributed by atoms with Crippen molar-refractivity contribution < 1.29 is 8.85 Å². The molecule has 1 aromatic rings. The minimum absolute atomic E-state index is 0.0708. The van der Waals surface area contributed by atoms with Gasteiger partial charge in [-0.05, 0) is 17.2 Å². The van der Waals surface area contributed by atoms with Gasteiger partial charge in [0.2, 0.25) is 0 Å². The average Bonchev–Trinajstić information content (AvgIpc) is 2.30. The molecule has 0 aliphatic carbocycles. The van der Waals surface area contributed by atoms with Crippen LogP contribution in [0.25, 0.3) is 0 Å². The van der Waals surface area contributed by atoms with E-state index in [0.717, 1.165) is 17.2 Å². The highest BCUT2D eigenvalue weighted by Gasteiger charge is 2.19. The monoisotopic (exact) mass is 225 g/mol. The van der Waals surface area contributed by atoms with Crippen LogP contribution in [0.5, 0.6) is 0 Å².